The average molecular weight is 290 g/mol. The van der Waals surface area contributed by atoms with Gasteiger partial charge in [-0.05, 0) is 11.5 Å². The van der Waals surface area contributed by atoms with E-state index in [0.29, 0.717) is 13.1 Å². The third kappa shape index (κ3) is 2.52. The molecule has 6 nitrogen and oxygen atoms in total. The van der Waals surface area contributed by atoms with Crippen molar-refractivity contribution in [1.82, 2.24) is 4.90 Å². The molecule has 21 heavy (non-hydrogen) atoms. The first-order chi connectivity index (χ1) is 9.99. The molecule has 0 radical (unpaired) electrons. The van der Waals surface area contributed by atoms with Crippen molar-refractivity contribution in [1.29, 1.82) is 0 Å². The van der Waals surface area contributed by atoms with Crippen LogP contribution in [0.5, 0.6) is 0 Å². The van der Waals surface area contributed by atoms with Gasteiger partial charge < -0.3 is 15.1 Å². The molecule has 0 spiro atoms. The molecule has 1 fully saturated rings. The van der Waals surface area contributed by atoms with Gasteiger partial charge in [-0.2, -0.15) is 0 Å². The van der Waals surface area contributed by atoms with Gasteiger partial charge in [-0.25, -0.2) is 4.79 Å². The van der Waals surface area contributed by atoms with E-state index < -0.39 is 17.7 Å². The second kappa shape index (κ2) is 5.13. The molecular formula is C15H18N2O4. The Balaban J connectivity index is 1.76. The number of hydrogen-bond donors (Lipinski definition) is 2. The number of fused-ring (bicyclic) bond motifs is 1. The SMILES string of the molecule is C[C@H]1CN(Cc2ccccc2)CC2(O)ON=C(C(=O)O)C12. The van der Waals surface area contributed by atoms with E-state index in [2.05, 4.69) is 10.1 Å². The Kier molecular flexibility index (Phi) is 3.43. The summed E-state index contributed by atoms with van der Waals surface area (Å²) in [4.78, 5) is 18.3. The minimum atomic E-state index is -1.54. The second-order valence-electron chi connectivity index (χ2n) is 5.83. The Morgan fingerprint density at radius 2 is 2.19 bits per heavy atom. The van der Waals surface area contributed by atoms with Crippen LogP contribution in [0, 0.1) is 11.8 Å². The summed E-state index contributed by atoms with van der Waals surface area (Å²) in [5.41, 5.74) is 1.06. The summed E-state index contributed by atoms with van der Waals surface area (Å²) in [5, 5.41) is 23.3. The maximum Gasteiger partial charge on any atom is 0.354 e. The van der Waals surface area contributed by atoms with Gasteiger partial charge in [0.2, 0.25) is 0 Å². The lowest BCUT2D eigenvalue weighted by molar-refractivity contribution is -0.241. The topological polar surface area (TPSA) is 82.4 Å². The fraction of sp³-hybridized carbons (Fsp3) is 0.467. The molecule has 2 aliphatic rings. The van der Waals surface area contributed by atoms with Gasteiger partial charge in [-0.1, -0.05) is 42.4 Å². The van der Waals surface area contributed by atoms with Crippen molar-refractivity contribution in [3.63, 3.8) is 0 Å². The van der Waals surface area contributed by atoms with Crippen LogP contribution < -0.4 is 0 Å². The molecule has 1 aromatic rings. The maximum absolute atomic E-state index is 11.2. The summed E-state index contributed by atoms with van der Waals surface area (Å²) in [6.07, 6.45) is 0. The predicted octanol–water partition coefficient (Wildman–Crippen LogP) is 0.914. The number of hydrogen-bond acceptors (Lipinski definition) is 5. The van der Waals surface area contributed by atoms with E-state index >= 15 is 0 Å². The highest BCUT2D eigenvalue weighted by Crippen LogP contribution is 2.39. The lowest BCUT2D eigenvalue weighted by Crippen LogP contribution is -2.58. The van der Waals surface area contributed by atoms with Crippen LogP contribution in [-0.4, -0.2) is 45.7 Å². The van der Waals surface area contributed by atoms with Gasteiger partial charge in [0.15, 0.2) is 5.71 Å². The monoisotopic (exact) mass is 290 g/mol. The first kappa shape index (κ1) is 14.0. The molecule has 3 rings (SSSR count). The molecule has 6 heteroatoms. The molecular weight excluding hydrogens is 272 g/mol. The summed E-state index contributed by atoms with van der Waals surface area (Å²) in [7, 11) is 0. The molecule has 2 unspecified atom stereocenters. The molecule has 1 aromatic carbocycles. The van der Waals surface area contributed by atoms with Crippen LogP contribution in [0.4, 0.5) is 0 Å². The lowest BCUT2D eigenvalue weighted by Gasteiger charge is -2.42. The zero-order valence-electron chi connectivity index (χ0n) is 11.8. The Morgan fingerprint density at radius 3 is 2.86 bits per heavy atom. The minimum absolute atomic E-state index is 0.0511. The van der Waals surface area contributed by atoms with E-state index in [1.165, 1.54) is 0 Å². The van der Waals surface area contributed by atoms with E-state index in [0.717, 1.165) is 5.56 Å². The molecule has 1 saturated heterocycles. The van der Waals surface area contributed by atoms with Gasteiger partial charge in [-0.3, -0.25) is 4.90 Å². The number of aliphatic carboxylic acids is 1. The molecule has 2 heterocycles. The van der Waals surface area contributed by atoms with Crippen LogP contribution in [0.25, 0.3) is 0 Å². The predicted molar refractivity (Wildman–Crippen MR) is 75.5 cm³/mol. The maximum atomic E-state index is 11.2. The molecule has 112 valence electrons. The summed E-state index contributed by atoms with van der Waals surface area (Å²) in [5.74, 6) is -3.30. The van der Waals surface area contributed by atoms with Crippen LogP contribution in [0.1, 0.15) is 12.5 Å². The molecule has 0 amide bonds. The number of oxime groups is 1. The number of aliphatic hydroxyl groups is 1. The fourth-order valence-electron chi connectivity index (χ4n) is 3.33. The number of carboxylic acid groups (broad SMARTS) is 1. The second-order valence-corrected chi connectivity index (χ2v) is 5.83. The van der Waals surface area contributed by atoms with Crippen LogP contribution in [0.3, 0.4) is 0 Å². The summed E-state index contributed by atoms with van der Waals surface area (Å²) in [6.45, 7) is 3.54. The van der Waals surface area contributed by atoms with Crippen molar-refractivity contribution < 1.29 is 19.8 Å². The van der Waals surface area contributed by atoms with Crippen molar-refractivity contribution in [2.45, 2.75) is 19.3 Å². The average Bonchev–Trinajstić information content (AvgIpc) is 2.78. The number of rotatable bonds is 3. The largest absolute Gasteiger partial charge is 0.477 e. The summed E-state index contributed by atoms with van der Waals surface area (Å²) < 4.78 is 0. The molecule has 0 bridgehead atoms. The quantitative estimate of drug-likeness (QED) is 0.865. The van der Waals surface area contributed by atoms with Crippen molar-refractivity contribution >= 4 is 11.7 Å². The number of carbonyl (C=O) groups is 1. The third-order valence-corrected chi connectivity index (χ3v) is 4.12. The molecule has 0 saturated carbocycles. The van der Waals surface area contributed by atoms with Crippen molar-refractivity contribution in [3.05, 3.63) is 35.9 Å². The number of piperidine rings is 1. The first-order valence-corrected chi connectivity index (χ1v) is 6.97. The van der Waals surface area contributed by atoms with Gasteiger partial charge in [0.05, 0.1) is 12.5 Å². The molecule has 2 N–H and O–H groups in total. The highest BCUT2D eigenvalue weighted by atomic mass is 16.7. The standard InChI is InChI=1S/C15H18N2O4/c1-10-7-17(8-11-5-3-2-4-6-11)9-15(20)12(10)13(14(18)19)16-21-15/h2-6,10,12,20H,7-9H2,1H3,(H,18,19)/t10-,12?,15?/m0/s1. The van der Waals surface area contributed by atoms with E-state index in [1.54, 1.807) is 0 Å². The van der Waals surface area contributed by atoms with E-state index in [-0.39, 0.29) is 18.2 Å². The molecule has 0 aliphatic carbocycles. The number of nitrogens with zero attached hydrogens (tertiary/aromatic N) is 2. The van der Waals surface area contributed by atoms with Gasteiger partial charge in [0.25, 0.3) is 5.79 Å². The molecule has 2 aliphatic heterocycles. The van der Waals surface area contributed by atoms with E-state index in [4.69, 9.17) is 9.94 Å². The van der Waals surface area contributed by atoms with Crippen molar-refractivity contribution in [2.75, 3.05) is 13.1 Å². The highest BCUT2D eigenvalue weighted by Gasteiger charge is 2.56. The highest BCUT2D eigenvalue weighted by molar-refractivity contribution is 6.37. The Hall–Kier alpha value is -1.92. The molecule has 3 atom stereocenters. The number of carboxylic acids is 1. The van der Waals surface area contributed by atoms with Gasteiger partial charge in [-0.15, -0.1) is 0 Å². The number of benzene rings is 1. The summed E-state index contributed by atoms with van der Waals surface area (Å²) in [6, 6.07) is 9.94. The number of likely N-dealkylation sites (tertiary alicyclic amines) is 1. The lowest BCUT2D eigenvalue weighted by atomic mass is 9.79. The Bertz CT molecular complexity index is 574. The van der Waals surface area contributed by atoms with Gasteiger partial charge in [0, 0.05) is 13.1 Å². The minimum Gasteiger partial charge on any atom is -0.477 e. The summed E-state index contributed by atoms with van der Waals surface area (Å²) >= 11 is 0. The Labute approximate surface area is 122 Å². The van der Waals surface area contributed by atoms with E-state index in [1.807, 2.05) is 37.3 Å². The van der Waals surface area contributed by atoms with Crippen LogP contribution in [0.15, 0.2) is 35.5 Å². The van der Waals surface area contributed by atoms with Gasteiger partial charge in [0.1, 0.15) is 0 Å². The Morgan fingerprint density at radius 1 is 1.48 bits per heavy atom. The van der Waals surface area contributed by atoms with Crippen LogP contribution in [-0.2, 0) is 16.2 Å². The zero-order chi connectivity index (χ0) is 15.0. The van der Waals surface area contributed by atoms with Crippen molar-refractivity contribution in [2.24, 2.45) is 17.0 Å². The van der Waals surface area contributed by atoms with Gasteiger partial charge >= 0.3 is 5.97 Å². The smallest absolute Gasteiger partial charge is 0.354 e. The third-order valence-electron chi connectivity index (χ3n) is 4.12. The zero-order valence-corrected chi connectivity index (χ0v) is 11.8. The van der Waals surface area contributed by atoms with Crippen molar-refractivity contribution in [3.8, 4) is 0 Å². The molecule has 0 aromatic heterocycles. The van der Waals surface area contributed by atoms with E-state index in [9.17, 15) is 9.90 Å². The number of β-amino-alcohol motifs (C(OH)–C–C–N with tert-alkyl or cyclic N) is 1. The normalized spacial score (nSPS) is 32.2. The van der Waals surface area contributed by atoms with Crippen LogP contribution >= 0.6 is 0 Å². The first-order valence-electron chi connectivity index (χ1n) is 6.97. The fourth-order valence-corrected chi connectivity index (χ4v) is 3.33. The van der Waals surface area contributed by atoms with Crippen LogP contribution in [0.2, 0.25) is 0 Å².